The second-order valence-electron chi connectivity index (χ2n) is 3.97. The monoisotopic (exact) mass is 231 g/mol. The number of methoxy groups -OCH3 is 1. The van der Waals surface area contributed by atoms with Crippen molar-refractivity contribution in [2.75, 3.05) is 13.7 Å². The fraction of sp³-hybridized carbons (Fsp3) is 0.467. The Balaban J connectivity index is 2.92. The normalized spacial score (nSPS) is 11.5. The van der Waals surface area contributed by atoms with E-state index in [1.54, 1.807) is 7.11 Å². The lowest BCUT2D eigenvalue weighted by atomic mass is 10.0. The van der Waals surface area contributed by atoms with Gasteiger partial charge < -0.3 is 10.1 Å². The zero-order valence-electron chi connectivity index (χ0n) is 11.1. The zero-order chi connectivity index (χ0) is 12.7. The number of benzene rings is 1. The summed E-state index contributed by atoms with van der Waals surface area (Å²) < 4.78 is 5.27. The van der Waals surface area contributed by atoms with Crippen LogP contribution < -0.4 is 10.1 Å². The quantitative estimate of drug-likeness (QED) is 0.786. The van der Waals surface area contributed by atoms with Crippen molar-refractivity contribution in [3.8, 4) is 17.6 Å². The first-order valence-electron chi connectivity index (χ1n) is 6.00. The van der Waals surface area contributed by atoms with Crippen LogP contribution in [0, 0.1) is 18.8 Å². The van der Waals surface area contributed by atoms with E-state index in [2.05, 4.69) is 43.1 Å². The highest BCUT2D eigenvalue weighted by Crippen LogP contribution is 2.23. The van der Waals surface area contributed by atoms with E-state index < -0.39 is 0 Å². The van der Waals surface area contributed by atoms with E-state index in [4.69, 9.17) is 4.74 Å². The van der Waals surface area contributed by atoms with Crippen LogP contribution in [0.25, 0.3) is 0 Å². The minimum atomic E-state index is 0.303. The largest absolute Gasteiger partial charge is 0.496 e. The average Bonchev–Trinajstić information content (AvgIpc) is 2.34. The molecule has 0 amide bonds. The van der Waals surface area contributed by atoms with Gasteiger partial charge in [0.15, 0.2) is 0 Å². The minimum Gasteiger partial charge on any atom is -0.496 e. The van der Waals surface area contributed by atoms with Gasteiger partial charge in [-0.3, -0.25) is 0 Å². The molecule has 0 aromatic heterocycles. The molecule has 1 aromatic rings. The molecular weight excluding hydrogens is 210 g/mol. The third-order valence-corrected chi connectivity index (χ3v) is 2.75. The van der Waals surface area contributed by atoms with Gasteiger partial charge in [-0.1, -0.05) is 19.1 Å². The van der Waals surface area contributed by atoms with Gasteiger partial charge in [0.2, 0.25) is 0 Å². The van der Waals surface area contributed by atoms with Crippen LogP contribution in [-0.4, -0.2) is 13.7 Å². The van der Waals surface area contributed by atoms with Crippen LogP contribution in [0.3, 0.4) is 0 Å². The summed E-state index contributed by atoms with van der Waals surface area (Å²) in [4.78, 5) is 0. The Kier molecular flexibility index (Phi) is 5.59. The van der Waals surface area contributed by atoms with Gasteiger partial charge in [0.25, 0.3) is 0 Å². The van der Waals surface area contributed by atoms with Gasteiger partial charge in [-0.05, 0) is 37.6 Å². The molecule has 2 heteroatoms. The molecule has 1 N–H and O–H groups in total. The van der Waals surface area contributed by atoms with Gasteiger partial charge in [-0.15, -0.1) is 11.8 Å². The molecular formula is C15H21NO. The van der Waals surface area contributed by atoms with E-state index in [1.807, 2.05) is 13.0 Å². The van der Waals surface area contributed by atoms with Crippen LogP contribution in [0.1, 0.15) is 37.4 Å². The summed E-state index contributed by atoms with van der Waals surface area (Å²) >= 11 is 0. The van der Waals surface area contributed by atoms with E-state index in [0.29, 0.717) is 6.04 Å². The van der Waals surface area contributed by atoms with E-state index in [9.17, 15) is 0 Å². The topological polar surface area (TPSA) is 21.3 Å². The van der Waals surface area contributed by atoms with E-state index in [0.717, 1.165) is 24.3 Å². The molecule has 1 aromatic carbocycles. The van der Waals surface area contributed by atoms with Gasteiger partial charge in [0.05, 0.1) is 7.11 Å². The number of hydrogen-bond donors (Lipinski definition) is 1. The van der Waals surface area contributed by atoms with Crippen molar-refractivity contribution in [2.45, 2.75) is 33.2 Å². The van der Waals surface area contributed by atoms with Crippen molar-refractivity contribution in [2.24, 2.45) is 0 Å². The Labute approximate surface area is 104 Å². The second-order valence-corrected chi connectivity index (χ2v) is 3.97. The van der Waals surface area contributed by atoms with E-state index in [1.165, 1.54) is 5.56 Å². The molecule has 0 aliphatic rings. The first-order valence-corrected chi connectivity index (χ1v) is 6.00. The molecule has 0 radical (unpaired) electrons. The molecule has 1 unspecified atom stereocenters. The maximum atomic E-state index is 5.27. The minimum absolute atomic E-state index is 0.303. The Bertz CT molecular complexity index is 415. The Hall–Kier alpha value is -1.46. The number of ether oxygens (including phenoxy) is 1. The SMILES string of the molecule is CC#CCC(NCC)c1ccc(OC)c(C)c1. The molecule has 0 aliphatic heterocycles. The Morgan fingerprint density at radius 2 is 2.18 bits per heavy atom. The average molecular weight is 231 g/mol. The lowest BCUT2D eigenvalue weighted by Crippen LogP contribution is -2.20. The third kappa shape index (κ3) is 3.80. The molecule has 0 fully saturated rings. The first kappa shape index (κ1) is 13.6. The summed E-state index contributed by atoms with van der Waals surface area (Å²) in [5.41, 5.74) is 2.44. The molecule has 1 rings (SSSR count). The van der Waals surface area contributed by atoms with Crippen LogP contribution in [-0.2, 0) is 0 Å². The number of rotatable bonds is 5. The predicted octanol–water partition coefficient (Wildman–Crippen LogP) is 3.07. The van der Waals surface area contributed by atoms with Gasteiger partial charge in [0.1, 0.15) is 5.75 Å². The predicted molar refractivity (Wildman–Crippen MR) is 72.2 cm³/mol. The maximum absolute atomic E-state index is 5.27. The van der Waals surface area contributed by atoms with Crippen LogP contribution in [0.4, 0.5) is 0 Å². The van der Waals surface area contributed by atoms with E-state index in [-0.39, 0.29) is 0 Å². The molecule has 0 aliphatic carbocycles. The summed E-state index contributed by atoms with van der Waals surface area (Å²) in [6.07, 6.45) is 0.843. The zero-order valence-corrected chi connectivity index (χ0v) is 11.1. The van der Waals surface area contributed by atoms with E-state index >= 15 is 0 Å². The summed E-state index contributed by atoms with van der Waals surface area (Å²) in [5.74, 6) is 7.02. The Morgan fingerprint density at radius 3 is 2.71 bits per heavy atom. The van der Waals surface area contributed by atoms with Gasteiger partial charge in [0, 0.05) is 12.5 Å². The molecule has 0 saturated heterocycles. The number of hydrogen-bond acceptors (Lipinski definition) is 2. The second kappa shape index (κ2) is 6.98. The molecule has 0 bridgehead atoms. The van der Waals surface area contributed by atoms with Gasteiger partial charge >= 0.3 is 0 Å². The van der Waals surface area contributed by atoms with Crippen molar-refractivity contribution in [3.63, 3.8) is 0 Å². The van der Waals surface area contributed by atoms with Crippen LogP contribution in [0.5, 0.6) is 5.75 Å². The van der Waals surface area contributed by atoms with Crippen molar-refractivity contribution >= 4 is 0 Å². The highest BCUT2D eigenvalue weighted by Gasteiger charge is 2.10. The standard InChI is InChI=1S/C15H21NO/c1-5-7-8-14(16-6-2)13-9-10-15(17-4)12(3)11-13/h9-11,14,16H,6,8H2,1-4H3. The fourth-order valence-electron chi connectivity index (χ4n) is 1.88. The highest BCUT2D eigenvalue weighted by molar-refractivity contribution is 5.37. The van der Waals surface area contributed by atoms with Crippen molar-refractivity contribution in [1.82, 2.24) is 5.32 Å². The van der Waals surface area contributed by atoms with Crippen LogP contribution >= 0.6 is 0 Å². The van der Waals surface area contributed by atoms with Crippen molar-refractivity contribution in [3.05, 3.63) is 29.3 Å². The maximum Gasteiger partial charge on any atom is 0.121 e. The molecule has 0 saturated carbocycles. The van der Waals surface area contributed by atoms with Crippen LogP contribution in [0.15, 0.2) is 18.2 Å². The molecule has 92 valence electrons. The van der Waals surface area contributed by atoms with Crippen molar-refractivity contribution in [1.29, 1.82) is 0 Å². The summed E-state index contributed by atoms with van der Waals surface area (Å²) in [6, 6.07) is 6.60. The number of aryl methyl sites for hydroxylation is 1. The molecule has 0 spiro atoms. The highest BCUT2D eigenvalue weighted by atomic mass is 16.5. The third-order valence-electron chi connectivity index (χ3n) is 2.75. The Morgan fingerprint density at radius 1 is 1.41 bits per heavy atom. The van der Waals surface area contributed by atoms with Gasteiger partial charge in [-0.25, -0.2) is 0 Å². The first-order chi connectivity index (χ1) is 8.22. The molecule has 1 atom stereocenters. The number of nitrogens with one attached hydrogen (secondary N) is 1. The molecule has 17 heavy (non-hydrogen) atoms. The smallest absolute Gasteiger partial charge is 0.121 e. The molecule has 0 heterocycles. The van der Waals surface area contributed by atoms with Crippen LogP contribution in [0.2, 0.25) is 0 Å². The van der Waals surface area contributed by atoms with Gasteiger partial charge in [-0.2, -0.15) is 0 Å². The van der Waals surface area contributed by atoms with Crippen molar-refractivity contribution < 1.29 is 4.74 Å². The lowest BCUT2D eigenvalue weighted by molar-refractivity contribution is 0.411. The lowest BCUT2D eigenvalue weighted by Gasteiger charge is -2.17. The summed E-state index contributed by atoms with van der Waals surface area (Å²) in [6.45, 7) is 7.00. The summed E-state index contributed by atoms with van der Waals surface area (Å²) in [5, 5.41) is 3.46. The fourth-order valence-corrected chi connectivity index (χ4v) is 1.88. The summed E-state index contributed by atoms with van der Waals surface area (Å²) in [7, 11) is 1.70. The molecule has 2 nitrogen and oxygen atoms in total.